The molecule has 32 heavy (non-hydrogen) atoms. The average molecular weight is 441 g/mol. The molecule has 8 heteroatoms. The van der Waals surface area contributed by atoms with E-state index in [1.54, 1.807) is 18.2 Å². The molecule has 0 atom stereocenters. The maximum absolute atomic E-state index is 13.4. The number of carbonyl (C=O) groups excluding carboxylic acids is 2. The van der Waals surface area contributed by atoms with E-state index in [9.17, 15) is 28.0 Å². The van der Waals surface area contributed by atoms with E-state index in [1.165, 1.54) is 12.1 Å². The number of halogens is 3. The number of benzene rings is 2. The van der Waals surface area contributed by atoms with Crippen LogP contribution in [0.2, 0.25) is 0 Å². The molecular formula is C24H22F3N3O2. The monoisotopic (exact) mass is 441 g/mol. The van der Waals surface area contributed by atoms with Gasteiger partial charge in [0.1, 0.15) is 6.07 Å². The van der Waals surface area contributed by atoms with Crippen molar-refractivity contribution in [2.45, 2.75) is 50.7 Å². The van der Waals surface area contributed by atoms with Gasteiger partial charge in [-0.25, -0.2) is 0 Å². The number of fused-ring (bicyclic) bond motifs is 2. The Labute approximate surface area is 183 Å². The number of anilines is 2. The number of hydrogen-bond acceptors (Lipinski definition) is 5. The van der Waals surface area contributed by atoms with E-state index in [1.807, 2.05) is 6.07 Å². The summed E-state index contributed by atoms with van der Waals surface area (Å²) in [5.41, 5.74) is 0.919. The van der Waals surface area contributed by atoms with Gasteiger partial charge in [-0.3, -0.25) is 9.59 Å². The highest BCUT2D eigenvalue weighted by Crippen LogP contribution is 2.39. The minimum atomic E-state index is -4.39. The third-order valence-electron chi connectivity index (χ3n) is 5.99. The van der Waals surface area contributed by atoms with Crippen molar-refractivity contribution in [3.05, 3.63) is 58.1 Å². The van der Waals surface area contributed by atoms with Crippen LogP contribution < -0.4 is 10.6 Å². The van der Waals surface area contributed by atoms with Gasteiger partial charge in [0.25, 0.3) is 0 Å². The van der Waals surface area contributed by atoms with Gasteiger partial charge in [-0.1, -0.05) is 43.5 Å². The molecule has 1 saturated carbocycles. The van der Waals surface area contributed by atoms with Gasteiger partial charge < -0.3 is 10.6 Å². The number of ketones is 2. The van der Waals surface area contributed by atoms with Crippen molar-refractivity contribution in [2.24, 2.45) is 0 Å². The lowest BCUT2D eigenvalue weighted by Gasteiger charge is -2.29. The Morgan fingerprint density at radius 3 is 2.22 bits per heavy atom. The first kappa shape index (κ1) is 21.9. The summed E-state index contributed by atoms with van der Waals surface area (Å²) in [6, 6.07) is 9.93. The van der Waals surface area contributed by atoms with Gasteiger partial charge in [0.05, 0.1) is 28.8 Å². The summed E-state index contributed by atoms with van der Waals surface area (Å²) in [4.78, 5) is 26.8. The van der Waals surface area contributed by atoms with Crippen LogP contribution in [0.4, 0.5) is 24.5 Å². The van der Waals surface area contributed by atoms with Crippen LogP contribution in [0, 0.1) is 11.3 Å². The van der Waals surface area contributed by atoms with Crippen molar-refractivity contribution < 1.29 is 22.8 Å². The fourth-order valence-electron chi connectivity index (χ4n) is 4.48. The summed E-state index contributed by atoms with van der Waals surface area (Å²) in [5, 5.41) is 15.7. The van der Waals surface area contributed by atoms with Crippen molar-refractivity contribution in [3.8, 4) is 6.07 Å². The number of alkyl halides is 3. The van der Waals surface area contributed by atoms with Crippen LogP contribution in [0.5, 0.6) is 0 Å². The molecule has 4 rings (SSSR count). The van der Waals surface area contributed by atoms with Gasteiger partial charge in [0.2, 0.25) is 0 Å². The normalized spacial score (nSPS) is 16.2. The zero-order valence-electron chi connectivity index (χ0n) is 17.3. The van der Waals surface area contributed by atoms with E-state index in [-0.39, 0.29) is 45.3 Å². The fraction of sp³-hybridized carbons (Fsp3) is 0.375. The minimum absolute atomic E-state index is 0.0196. The molecule has 0 bridgehead atoms. The first-order valence-corrected chi connectivity index (χ1v) is 10.7. The van der Waals surface area contributed by atoms with E-state index in [4.69, 9.17) is 0 Å². The molecule has 2 aromatic carbocycles. The van der Waals surface area contributed by atoms with Crippen LogP contribution >= 0.6 is 0 Å². The standard InChI is InChI=1S/C24H22F3N3O2/c25-24(26,27)10-11-29-21-14(13-28)12-18(30-15-6-2-1-3-7-15)19-20(21)23(32)17-9-5-4-8-16(17)22(19)31/h4-5,8-9,12,15,29-30H,1-3,6-7,10-11H2. The number of nitrogens with one attached hydrogen (secondary N) is 2. The zero-order chi connectivity index (χ0) is 22.9. The summed E-state index contributed by atoms with van der Waals surface area (Å²) in [6.45, 7) is -0.511. The van der Waals surface area contributed by atoms with Crippen molar-refractivity contribution in [2.75, 3.05) is 17.2 Å². The smallest absolute Gasteiger partial charge is 0.383 e. The number of nitrogens with zero attached hydrogens (tertiary/aromatic N) is 1. The average Bonchev–Trinajstić information content (AvgIpc) is 2.77. The highest BCUT2D eigenvalue weighted by Gasteiger charge is 2.36. The van der Waals surface area contributed by atoms with Gasteiger partial charge >= 0.3 is 6.18 Å². The number of carbonyl (C=O) groups is 2. The van der Waals surface area contributed by atoms with E-state index in [0.29, 0.717) is 5.69 Å². The van der Waals surface area contributed by atoms with Crippen molar-refractivity contribution in [1.29, 1.82) is 5.26 Å². The van der Waals surface area contributed by atoms with Crippen molar-refractivity contribution >= 4 is 22.9 Å². The van der Waals surface area contributed by atoms with E-state index in [0.717, 1.165) is 32.1 Å². The molecule has 0 radical (unpaired) electrons. The number of hydrogen-bond donors (Lipinski definition) is 2. The quantitative estimate of drug-likeness (QED) is 0.551. The summed E-state index contributed by atoms with van der Waals surface area (Å²) in [7, 11) is 0. The van der Waals surface area contributed by atoms with Crippen LogP contribution in [-0.2, 0) is 0 Å². The Morgan fingerprint density at radius 2 is 1.62 bits per heavy atom. The first-order valence-electron chi connectivity index (χ1n) is 10.7. The van der Waals surface area contributed by atoms with Crippen LogP contribution in [0.25, 0.3) is 0 Å². The second-order valence-corrected chi connectivity index (χ2v) is 8.18. The minimum Gasteiger partial charge on any atom is -0.383 e. The van der Waals surface area contributed by atoms with E-state index >= 15 is 0 Å². The maximum Gasteiger partial charge on any atom is 0.390 e. The summed E-state index contributed by atoms with van der Waals surface area (Å²) in [5.74, 6) is -0.856. The summed E-state index contributed by atoms with van der Waals surface area (Å²) < 4.78 is 38.1. The van der Waals surface area contributed by atoms with Crippen molar-refractivity contribution in [1.82, 2.24) is 0 Å². The molecule has 0 saturated heterocycles. The zero-order valence-corrected chi connectivity index (χ0v) is 17.3. The van der Waals surface area contributed by atoms with E-state index < -0.39 is 24.9 Å². The third kappa shape index (κ3) is 4.20. The molecule has 2 aliphatic rings. The lowest BCUT2D eigenvalue weighted by Crippen LogP contribution is -2.28. The molecular weight excluding hydrogens is 419 g/mol. The lowest BCUT2D eigenvalue weighted by molar-refractivity contribution is -0.131. The first-order chi connectivity index (χ1) is 15.3. The molecule has 0 heterocycles. The lowest BCUT2D eigenvalue weighted by atomic mass is 9.80. The van der Waals surface area contributed by atoms with Gasteiger partial charge in [-0.05, 0) is 18.9 Å². The Bertz CT molecular complexity index is 1110. The topological polar surface area (TPSA) is 82.0 Å². The predicted molar refractivity (Wildman–Crippen MR) is 114 cm³/mol. The number of rotatable bonds is 5. The van der Waals surface area contributed by atoms with Gasteiger partial charge in [0.15, 0.2) is 11.6 Å². The van der Waals surface area contributed by atoms with Crippen LogP contribution in [-0.4, -0.2) is 30.3 Å². The van der Waals surface area contributed by atoms with Crippen LogP contribution in [0.1, 0.15) is 75.9 Å². The van der Waals surface area contributed by atoms with Gasteiger partial charge in [0, 0.05) is 29.4 Å². The molecule has 166 valence electrons. The SMILES string of the molecule is N#Cc1cc(NC2CCCCC2)c2c(c1NCCC(F)(F)F)C(=O)c1ccccc1C2=O. The summed E-state index contributed by atoms with van der Waals surface area (Å²) >= 11 is 0. The molecule has 2 N–H and O–H groups in total. The molecule has 0 aromatic heterocycles. The Balaban J connectivity index is 1.84. The molecule has 1 fully saturated rings. The Kier molecular flexibility index (Phi) is 5.92. The highest BCUT2D eigenvalue weighted by atomic mass is 19.4. The molecule has 2 aromatic rings. The Hall–Kier alpha value is -3.34. The van der Waals surface area contributed by atoms with Crippen LogP contribution in [0.3, 0.4) is 0 Å². The molecule has 0 unspecified atom stereocenters. The van der Waals surface area contributed by atoms with Gasteiger partial charge in [-0.15, -0.1) is 0 Å². The highest BCUT2D eigenvalue weighted by molar-refractivity contribution is 6.32. The molecule has 2 aliphatic carbocycles. The number of nitriles is 1. The Morgan fingerprint density at radius 1 is 1.00 bits per heavy atom. The summed E-state index contributed by atoms with van der Waals surface area (Å²) in [6.07, 6.45) is -0.508. The van der Waals surface area contributed by atoms with Crippen LogP contribution in [0.15, 0.2) is 30.3 Å². The van der Waals surface area contributed by atoms with Crippen molar-refractivity contribution in [3.63, 3.8) is 0 Å². The largest absolute Gasteiger partial charge is 0.390 e. The molecule has 0 spiro atoms. The molecule has 5 nitrogen and oxygen atoms in total. The fourth-order valence-corrected chi connectivity index (χ4v) is 4.48. The molecule has 0 amide bonds. The maximum atomic E-state index is 13.4. The predicted octanol–water partition coefficient (Wildman–Crippen LogP) is 5.44. The third-order valence-corrected chi connectivity index (χ3v) is 5.99. The second kappa shape index (κ2) is 8.65. The molecule has 0 aliphatic heterocycles. The van der Waals surface area contributed by atoms with Gasteiger partial charge in [-0.2, -0.15) is 18.4 Å². The second-order valence-electron chi connectivity index (χ2n) is 8.18. The van der Waals surface area contributed by atoms with E-state index in [2.05, 4.69) is 10.6 Å².